The Balaban J connectivity index is 0.000000297. The second-order valence-corrected chi connectivity index (χ2v) is 49.8. The van der Waals surface area contributed by atoms with Gasteiger partial charge in [0, 0.05) is 45.7 Å². The maximum atomic E-state index is 14.8. The van der Waals surface area contributed by atoms with E-state index in [-0.39, 0.29) is 96.7 Å². The van der Waals surface area contributed by atoms with Crippen LogP contribution < -0.4 is 63.8 Å². The van der Waals surface area contributed by atoms with Crippen molar-refractivity contribution in [2.75, 3.05) is 39.3 Å². The van der Waals surface area contributed by atoms with Crippen molar-refractivity contribution in [3.05, 3.63) is 73.4 Å². The van der Waals surface area contributed by atoms with E-state index in [9.17, 15) is 99.5 Å². The van der Waals surface area contributed by atoms with Crippen LogP contribution in [0.2, 0.25) is 0 Å². The van der Waals surface area contributed by atoms with Crippen LogP contribution in [0.1, 0.15) is 264 Å². The molecule has 9 rings (SSSR count). The summed E-state index contributed by atoms with van der Waals surface area (Å²) in [6, 6.07) is -7.49. The first-order valence-electron chi connectivity index (χ1n) is 51.0. The lowest BCUT2D eigenvalue weighted by atomic mass is 9.85. The van der Waals surface area contributed by atoms with Gasteiger partial charge in [0.2, 0.25) is 52.8 Å². The van der Waals surface area contributed by atoms with Crippen LogP contribution in [0.15, 0.2) is 62.2 Å². The predicted octanol–water partition coefficient (Wildman–Crippen LogP) is 9.81. The third kappa shape index (κ3) is 31.9. The van der Waals surface area contributed by atoms with Crippen molar-refractivity contribution in [1.29, 1.82) is 0 Å². The number of hydrogen-bond acceptors (Lipinski definition) is 21. The van der Waals surface area contributed by atoms with E-state index in [0.29, 0.717) is 38.8 Å². The van der Waals surface area contributed by atoms with Gasteiger partial charge >= 0.3 is 42.2 Å². The second kappa shape index (κ2) is 47.0. The summed E-state index contributed by atoms with van der Waals surface area (Å²) in [5, 5.41) is 31.7. The van der Waals surface area contributed by atoms with Gasteiger partial charge in [-0.05, 0) is 197 Å². The molecular formula is C107H166F3N15O21. The summed E-state index contributed by atoms with van der Waals surface area (Å²) in [5.41, 5.74) is -4.07. The Bertz CT molecular complexity index is 5030. The summed E-state index contributed by atoms with van der Waals surface area (Å²) in [4.78, 5) is 246. The highest BCUT2D eigenvalue weighted by atomic mass is 19.4. The molecule has 39 heteroatoms. The number of nitrogens with zero attached hydrogens (tertiary/aromatic N) is 3. The molecule has 18 atom stereocenters. The molecule has 146 heavy (non-hydrogen) atoms. The van der Waals surface area contributed by atoms with E-state index in [1.165, 1.54) is 28.0 Å². The molecule has 1 aromatic carbocycles. The Labute approximate surface area is 859 Å². The summed E-state index contributed by atoms with van der Waals surface area (Å²) in [7, 11) is 0. The largest absolute Gasteiger partial charge is 0.458 e. The minimum absolute atomic E-state index is 0.0427. The van der Waals surface area contributed by atoms with Crippen LogP contribution in [0.5, 0.6) is 0 Å². The number of ketones is 3. The summed E-state index contributed by atoms with van der Waals surface area (Å²) in [6.45, 7) is 65.7. The number of carbonyl (C=O) groups excluding carboxylic acids is 18. The van der Waals surface area contributed by atoms with E-state index < -0.39 is 242 Å². The van der Waals surface area contributed by atoms with Crippen molar-refractivity contribution in [3.8, 4) is 0 Å². The van der Waals surface area contributed by atoms with Crippen molar-refractivity contribution in [3.63, 3.8) is 0 Å². The monoisotopic (exact) mass is 2050 g/mol. The van der Waals surface area contributed by atoms with Gasteiger partial charge < -0.3 is 92.7 Å². The Kier molecular flexibility index (Phi) is 39.2. The van der Waals surface area contributed by atoms with Crippen LogP contribution in [-0.4, -0.2) is 256 Å². The van der Waals surface area contributed by atoms with Crippen LogP contribution in [0.25, 0.3) is 0 Å². The Morgan fingerprint density at radius 1 is 0.411 bits per heavy atom. The first-order valence-corrected chi connectivity index (χ1v) is 51.0. The first-order chi connectivity index (χ1) is 66.8. The Morgan fingerprint density at radius 2 is 0.712 bits per heavy atom. The van der Waals surface area contributed by atoms with E-state index in [0.717, 1.165) is 24.0 Å². The summed E-state index contributed by atoms with van der Waals surface area (Å²) >= 11 is 0. The number of esters is 3. The van der Waals surface area contributed by atoms with Gasteiger partial charge in [-0.15, -0.1) is 19.7 Å². The number of amides is 15. The predicted molar refractivity (Wildman–Crippen MR) is 542 cm³/mol. The zero-order chi connectivity index (χ0) is 111. The number of ether oxygens (including phenoxy) is 3. The van der Waals surface area contributed by atoms with Crippen molar-refractivity contribution >= 4 is 107 Å². The van der Waals surface area contributed by atoms with Crippen LogP contribution in [0.4, 0.5) is 27.6 Å². The average Bonchev–Trinajstić information content (AvgIpc) is 1.53. The number of urea groups is 3. The van der Waals surface area contributed by atoms with Gasteiger partial charge in [0.15, 0.2) is 0 Å². The molecule has 0 aromatic heterocycles. The van der Waals surface area contributed by atoms with Crippen molar-refractivity contribution < 1.29 is 114 Å². The lowest BCUT2D eigenvalue weighted by Gasteiger charge is -2.38. The van der Waals surface area contributed by atoms with Crippen LogP contribution in [0, 0.1) is 91.2 Å². The number of nitrogens with one attached hydrogen (secondary N) is 12. The van der Waals surface area contributed by atoms with Gasteiger partial charge in [-0.1, -0.05) is 207 Å². The number of likely N-dealkylation sites (tertiary alicyclic amines) is 3. The number of halogens is 3. The molecule has 3 heterocycles. The van der Waals surface area contributed by atoms with Gasteiger partial charge in [0.25, 0.3) is 17.7 Å². The third-order valence-corrected chi connectivity index (χ3v) is 28.7. The van der Waals surface area contributed by atoms with E-state index in [4.69, 9.17) is 14.2 Å². The molecule has 3 aliphatic heterocycles. The molecule has 15 amide bonds. The molecule has 816 valence electrons. The SMILES string of the molecule is C=CCNC(=O)C(=O)C(CC1CC1)NC(=O)[C@@H]1[C@@H]2[C@H](CN1C(=O)[C@@H](NC(=O)N[C@H](C(=O)OC(C)(C)C)C(C)(C)C)C(C)(C)C)C2(C)C.C=CCNC(=O)C(=O)C(CCC(F)(F)F)NC(=O)[C@@H]1[C@@H]2[C@H](CN1C(=O)[C@@H](NC(=O)N[C@H](C(=O)OC(C)(C)C)C(C)C)C(C)(C)C)C2(C)C.C=CCNC(=O)C(=O)C(CCC)NC(=O)[C@@H]1[C@@H]2[C@H](CN1C(=O)[C@@H](NC(=O)N[C@H](C(=O)OC(C)(C)C)C(C)(C)C)C1Cc3ccccc3C1)C2(C)C. The molecule has 1 aromatic rings. The van der Waals surface area contributed by atoms with Gasteiger partial charge in [-0.3, -0.25) is 57.5 Å². The van der Waals surface area contributed by atoms with E-state index in [2.05, 4.69) is 111 Å². The molecule has 12 N–H and O–H groups in total. The van der Waals surface area contributed by atoms with Crippen molar-refractivity contribution in [2.45, 2.75) is 361 Å². The lowest BCUT2D eigenvalue weighted by molar-refractivity contribution is -0.161. The summed E-state index contributed by atoms with van der Waals surface area (Å²) in [6.07, 6.45) is 1.30. The quantitative estimate of drug-likeness (QED) is 0.0127. The van der Waals surface area contributed by atoms with E-state index >= 15 is 0 Å². The standard InChI is InChI=1S/C39H57N5O7.C35H57N5O7.C33H52F3N5O7/c1-11-15-26(30(45)33(47)40-18-12-2)41-32(46)29-27-25(39(27,9)10)21-44(29)34(48)28(24-19-22-16-13-14-17-23(22)20-24)42-36(50)43-31(37(3,4)5)35(49)51-38(6,7)8;1-13-16-36-28(43)24(41)21(17-19-14-15-19)37-27(42)23-22-20(35(22,11)12)18-40(23)29(44)25(32(2,3)4)38-31(46)39-26(33(5,6)7)30(45)47-34(8,9)10;1-12-15-37-26(44)23(42)19(13-14-33(34,35)36)38-25(43)22-20-18(32(20,10)11)16-41(22)27(45)24(30(4,5)6)40-29(47)39-21(17(2)3)28(46)48-31(7,8)9/h12-14,16-17,24-29,31H,2,11,15,18-21H2,1,3-10H3,(H,40,47)(H,41,46)(H2,42,43,50);13,19-23,25-26H,1,14-18H2,2-12H3,(H,36,43)(H,37,42)(H2,38,39,46);12,17-22,24H,1,13-16H2,2-11H3,(H,37,44)(H,38,43)(H2,39,40,47)/t25-,26?,27-,28-,29-,31+;20-,21?,22-,23-,25+,26+;18-,19?,20-,21-,22-,24+/m000/s1. The molecule has 0 bridgehead atoms. The summed E-state index contributed by atoms with van der Waals surface area (Å²) in [5.74, 6) is -11.8. The normalized spacial score (nSPS) is 22.7. The van der Waals surface area contributed by atoms with E-state index in [1.807, 2.05) is 86.6 Å². The summed E-state index contributed by atoms with van der Waals surface area (Å²) < 4.78 is 56.1. The molecule has 0 spiro atoms. The Hall–Kier alpha value is -11.3. The second-order valence-electron chi connectivity index (χ2n) is 49.8. The number of benzene rings is 1. The number of hydrogen-bond donors (Lipinski definition) is 12. The third-order valence-electron chi connectivity index (χ3n) is 28.7. The Morgan fingerprint density at radius 3 is 1.02 bits per heavy atom. The van der Waals surface area contributed by atoms with Crippen LogP contribution in [0.3, 0.4) is 0 Å². The maximum absolute atomic E-state index is 14.8. The molecule has 36 nitrogen and oxygen atoms in total. The van der Waals surface area contributed by atoms with Crippen molar-refractivity contribution in [2.24, 2.45) is 91.2 Å². The van der Waals surface area contributed by atoms with Gasteiger partial charge in [0.05, 0.1) is 18.1 Å². The first kappa shape index (κ1) is 122. The van der Waals surface area contributed by atoms with Crippen LogP contribution >= 0.6 is 0 Å². The highest BCUT2D eigenvalue weighted by molar-refractivity contribution is 6.39. The molecule has 8 aliphatic rings. The molecule has 4 saturated carbocycles. The zero-order valence-electron chi connectivity index (χ0n) is 91.4. The topological polar surface area (TPSA) is 489 Å². The molecule has 3 unspecified atom stereocenters. The highest BCUT2D eigenvalue weighted by Crippen LogP contribution is 2.67. The molecule has 5 aliphatic carbocycles. The zero-order valence-corrected chi connectivity index (χ0v) is 91.4. The van der Waals surface area contributed by atoms with Gasteiger partial charge in [-0.25, -0.2) is 28.8 Å². The maximum Gasteiger partial charge on any atom is 0.389 e. The lowest BCUT2D eigenvalue weighted by Crippen LogP contribution is -2.63. The average molecular weight is 2060 g/mol. The number of carbonyl (C=O) groups is 18. The van der Waals surface area contributed by atoms with Crippen molar-refractivity contribution in [1.82, 2.24) is 78.5 Å². The number of piperidine rings is 3. The minimum atomic E-state index is -4.66. The number of fused-ring (bicyclic) bond motifs is 4. The van der Waals surface area contributed by atoms with Crippen LogP contribution in [-0.2, 0) is 99.0 Å². The van der Waals surface area contributed by atoms with Gasteiger partial charge in [0.1, 0.15) is 71.2 Å². The molecular weight excluding hydrogens is 1890 g/mol. The fourth-order valence-corrected chi connectivity index (χ4v) is 20.3. The number of rotatable bonds is 38. The fourth-order valence-electron chi connectivity index (χ4n) is 20.3. The number of Topliss-reactive ketones (excluding diaryl/α,β-unsaturated/α-hetero) is 3. The smallest absolute Gasteiger partial charge is 0.389 e. The van der Waals surface area contributed by atoms with E-state index in [1.54, 1.807) is 123 Å². The number of alkyl halides is 3. The van der Waals surface area contributed by atoms with Gasteiger partial charge in [-0.2, -0.15) is 13.2 Å². The highest BCUT2D eigenvalue weighted by Gasteiger charge is 2.73. The fraction of sp³-hybridized carbons (Fsp3) is 0.720. The minimum Gasteiger partial charge on any atom is -0.458 e. The molecule has 0 radical (unpaired) electrons. The molecule has 7 fully saturated rings. The molecule has 3 saturated heterocycles.